The highest BCUT2D eigenvalue weighted by atomic mass is 32.1. The summed E-state index contributed by atoms with van der Waals surface area (Å²) in [6, 6.07) is 12.4. The van der Waals surface area contributed by atoms with E-state index >= 15 is 0 Å². The molecule has 2 amide bonds. The SMILES string of the molecule is Cc1c(C(=O)NCc2ccc(C(=O)NC3CC3)cc2)sc2cccc(F)c12. The molecule has 1 aromatic heterocycles. The third kappa shape index (κ3) is 3.71. The van der Waals surface area contributed by atoms with Gasteiger partial charge in [-0.25, -0.2) is 4.39 Å². The summed E-state index contributed by atoms with van der Waals surface area (Å²) in [5.41, 5.74) is 2.18. The molecular formula is C21H19FN2O2S. The minimum atomic E-state index is -0.305. The number of amides is 2. The fraction of sp³-hybridized carbons (Fsp3) is 0.238. The number of fused-ring (bicyclic) bond motifs is 1. The molecule has 0 aliphatic heterocycles. The number of thiophene rings is 1. The predicted octanol–water partition coefficient (Wildman–Crippen LogP) is 4.17. The zero-order valence-electron chi connectivity index (χ0n) is 14.8. The summed E-state index contributed by atoms with van der Waals surface area (Å²) in [5.74, 6) is -0.583. The van der Waals surface area contributed by atoms with E-state index < -0.39 is 0 Å². The van der Waals surface area contributed by atoms with Gasteiger partial charge in [0, 0.05) is 28.2 Å². The van der Waals surface area contributed by atoms with E-state index in [1.807, 2.05) is 18.2 Å². The topological polar surface area (TPSA) is 58.2 Å². The molecule has 0 bridgehead atoms. The fourth-order valence-corrected chi connectivity index (χ4v) is 4.14. The van der Waals surface area contributed by atoms with E-state index in [0.717, 1.165) is 23.1 Å². The number of hydrogen-bond acceptors (Lipinski definition) is 3. The Morgan fingerprint density at radius 3 is 2.52 bits per heavy atom. The molecule has 0 atom stereocenters. The summed E-state index contributed by atoms with van der Waals surface area (Å²) in [7, 11) is 0. The summed E-state index contributed by atoms with van der Waals surface area (Å²) in [5, 5.41) is 6.34. The highest BCUT2D eigenvalue weighted by Gasteiger charge is 2.23. The minimum absolute atomic E-state index is 0.0592. The third-order valence-corrected chi connectivity index (χ3v) is 5.95. The largest absolute Gasteiger partial charge is 0.349 e. The average molecular weight is 382 g/mol. The highest BCUT2D eigenvalue weighted by molar-refractivity contribution is 7.21. The number of carbonyl (C=O) groups excluding carboxylic acids is 2. The second-order valence-corrected chi connectivity index (χ2v) is 7.85. The standard InChI is InChI=1S/C21H19FN2O2S/c1-12-18-16(22)3-2-4-17(18)27-19(12)21(26)23-11-13-5-7-14(8-6-13)20(25)24-15-9-10-15/h2-8,15H,9-11H2,1H3,(H,23,26)(H,24,25). The van der Waals surface area contributed by atoms with Crippen molar-refractivity contribution in [2.75, 3.05) is 0 Å². The number of carbonyl (C=O) groups is 2. The predicted molar refractivity (Wildman–Crippen MR) is 105 cm³/mol. The van der Waals surface area contributed by atoms with Crippen molar-refractivity contribution >= 4 is 33.2 Å². The lowest BCUT2D eigenvalue weighted by Gasteiger charge is -2.07. The van der Waals surface area contributed by atoms with Crippen LogP contribution in [0.15, 0.2) is 42.5 Å². The van der Waals surface area contributed by atoms with E-state index in [-0.39, 0.29) is 17.6 Å². The van der Waals surface area contributed by atoms with E-state index in [0.29, 0.717) is 34.0 Å². The van der Waals surface area contributed by atoms with Crippen LogP contribution < -0.4 is 10.6 Å². The number of aryl methyl sites for hydroxylation is 1. The van der Waals surface area contributed by atoms with Gasteiger partial charge in [-0.15, -0.1) is 11.3 Å². The van der Waals surface area contributed by atoms with E-state index in [1.54, 1.807) is 25.1 Å². The Morgan fingerprint density at radius 1 is 1.11 bits per heavy atom. The normalized spacial score (nSPS) is 13.6. The van der Waals surface area contributed by atoms with Crippen molar-refractivity contribution in [2.24, 2.45) is 0 Å². The van der Waals surface area contributed by atoms with Gasteiger partial charge in [-0.3, -0.25) is 9.59 Å². The molecule has 1 aliphatic rings. The van der Waals surface area contributed by atoms with E-state index in [4.69, 9.17) is 0 Å². The molecule has 1 heterocycles. The minimum Gasteiger partial charge on any atom is -0.349 e. The molecular weight excluding hydrogens is 363 g/mol. The molecule has 2 N–H and O–H groups in total. The van der Waals surface area contributed by atoms with Crippen LogP contribution in [0.3, 0.4) is 0 Å². The smallest absolute Gasteiger partial charge is 0.261 e. The van der Waals surface area contributed by atoms with Crippen molar-refractivity contribution in [3.05, 3.63) is 69.8 Å². The van der Waals surface area contributed by atoms with Crippen molar-refractivity contribution < 1.29 is 14.0 Å². The molecule has 1 fully saturated rings. The molecule has 27 heavy (non-hydrogen) atoms. The monoisotopic (exact) mass is 382 g/mol. The molecule has 3 aromatic rings. The number of hydrogen-bond donors (Lipinski definition) is 2. The van der Waals surface area contributed by atoms with Crippen molar-refractivity contribution in [1.82, 2.24) is 10.6 Å². The van der Waals surface area contributed by atoms with E-state index in [2.05, 4.69) is 10.6 Å². The van der Waals surface area contributed by atoms with Crippen molar-refractivity contribution in [3.63, 3.8) is 0 Å². The van der Waals surface area contributed by atoms with Gasteiger partial charge in [0.15, 0.2) is 0 Å². The molecule has 4 nitrogen and oxygen atoms in total. The summed E-state index contributed by atoms with van der Waals surface area (Å²) >= 11 is 1.29. The number of halogens is 1. The number of nitrogens with one attached hydrogen (secondary N) is 2. The van der Waals surface area contributed by atoms with Gasteiger partial charge in [0.2, 0.25) is 0 Å². The van der Waals surface area contributed by atoms with Crippen LogP contribution in [-0.4, -0.2) is 17.9 Å². The lowest BCUT2D eigenvalue weighted by Crippen LogP contribution is -2.25. The lowest BCUT2D eigenvalue weighted by molar-refractivity contribution is 0.0943. The first-order chi connectivity index (χ1) is 13.0. The van der Waals surface area contributed by atoms with Gasteiger partial charge in [-0.1, -0.05) is 18.2 Å². The molecule has 0 unspecified atom stereocenters. The van der Waals surface area contributed by atoms with Gasteiger partial charge >= 0.3 is 0 Å². The van der Waals surface area contributed by atoms with Crippen LogP contribution >= 0.6 is 11.3 Å². The van der Waals surface area contributed by atoms with E-state index in [9.17, 15) is 14.0 Å². The first kappa shape index (κ1) is 17.7. The zero-order chi connectivity index (χ0) is 19.0. The fourth-order valence-electron chi connectivity index (χ4n) is 3.00. The zero-order valence-corrected chi connectivity index (χ0v) is 15.7. The van der Waals surface area contributed by atoms with Gasteiger partial charge in [0.1, 0.15) is 5.82 Å². The summed E-state index contributed by atoms with van der Waals surface area (Å²) in [4.78, 5) is 25.1. The third-order valence-electron chi connectivity index (χ3n) is 4.69. The maximum atomic E-state index is 14.0. The van der Waals surface area contributed by atoms with Gasteiger partial charge in [-0.05, 0) is 55.2 Å². The Hall–Kier alpha value is -2.73. The molecule has 0 saturated heterocycles. The lowest BCUT2D eigenvalue weighted by atomic mass is 10.1. The molecule has 1 saturated carbocycles. The quantitative estimate of drug-likeness (QED) is 0.696. The Labute approximate surface area is 160 Å². The summed E-state index contributed by atoms with van der Waals surface area (Å²) < 4.78 is 14.8. The first-order valence-electron chi connectivity index (χ1n) is 8.88. The Balaban J connectivity index is 1.42. The van der Waals surface area contributed by atoms with Crippen LogP contribution in [0.25, 0.3) is 10.1 Å². The number of benzene rings is 2. The van der Waals surface area contributed by atoms with Gasteiger partial charge < -0.3 is 10.6 Å². The van der Waals surface area contributed by atoms with Gasteiger partial charge in [0.05, 0.1) is 4.88 Å². The molecule has 1 aliphatic carbocycles. The molecule has 2 aromatic carbocycles. The Morgan fingerprint density at radius 2 is 1.85 bits per heavy atom. The summed E-state index contributed by atoms with van der Waals surface area (Å²) in [6.45, 7) is 2.11. The van der Waals surface area contributed by atoms with Crippen LogP contribution in [0.2, 0.25) is 0 Å². The average Bonchev–Trinajstić information content (AvgIpc) is 3.41. The molecule has 0 spiro atoms. The second kappa shape index (κ2) is 7.12. The second-order valence-electron chi connectivity index (χ2n) is 6.80. The van der Waals surface area contributed by atoms with Crippen molar-refractivity contribution in [1.29, 1.82) is 0 Å². The van der Waals surface area contributed by atoms with Crippen LogP contribution in [-0.2, 0) is 6.54 Å². The van der Waals surface area contributed by atoms with Crippen LogP contribution in [0, 0.1) is 12.7 Å². The maximum Gasteiger partial charge on any atom is 0.261 e. The van der Waals surface area contributed by atoms with E-state index in [1.165, 1.54) is 17.4 Å². The first-order valence-corrected chi connectivity index (χ1v) is 9.70. The van der Waals surface area contributed by atoms with Gasteiger partial charge in [0.25, 0.3) is 11.8 Å². The van der Waals surface area contributed by atoms with Crippen molar-refractivity contribution in [3.8, 4) is 0 Å². The Bertz CT molecular complexity index is 1020. The molecule has 0 radical (unpaired) electrons. The van der Waals surface area contributed by atoms with Crippen LogP contribution in [0.1, 0.15) is 44.0 Å². The van der Waals surface area contributed by atoms with Crippen molar-refractivity contribution in [2.45, 2.75) is 32.4 Å². The summed E-state index contributed by atoms with van der Waals surface area (Å²) in [6.07, 6.45) is 2.10. The van der Waals surface area contributed by atoms with Gasteiger partial charge in [-0.2, -0.15) is 0 Å². The molecule has 138 valence electrons. The maximum absolute atomic E-state index is 14.0. The highest BCUT2D eigenvalue weighted by Crippen LogP contribution is 2.32. The number of rotatable bonds is 5. The Kier molecular flexibility index (Phi) is 4.66. The molecule has 6 heteroatoms. The van der Waals surface area contributed by atoms with Crippen LogP contribution in [0.4, 0.5) is 4.39 Å². The molecule has 4 rings (SSSR count). The van der Waals surface area contributed by atoms with Crippen LogP contribution in [0.5, 0.6) is 0 Å².